The van der Waals surface area contributed by atoms with Crippen molar-refractivity contribution < 1.29 is 0 Å². The molecule has 0 amide bonds. The standard InChI is InChI=1S/C30H20N4/c1-3-11-21(12-4-1)29-32-28-27(19-20-31-30(28)33(29)22-13-5-2-6-14-22)34-25-17-9-7-15-23(25)24-16-8-10-18-26(24)34/h1-20H. The van der Waals surface area contributed by atoms with Crippen molar-refractivity contribution in [2.75, 3.05) is 0 Å². The highest BCUT2D eigenvalue weighted by atomic mass is 15.1. The third kappa shape index (κ3) is 2.72. The molecule has 0 aliphatic rings. The van der Waals surface area contributed by atoms with Crippen LogP contribution in [0.1, 0.15) is 0 Å². The summed E-state index contributed by atoms with van der Waals surface area (Å²) < 4.78 is 4.47. The van der Waals surface area contributed by atoms with Crippen molar-refractivity contribution in [1.82, 2.24) is 19.1 Å². The zero-order valence-electron chi connectivity index (χ0n) is 18.3. The van der Waals surface area contributed by atoms with Gasteiger partial charge in [-0.3, -0.25) is 4.57 Å². The van der Waals surface area contributed by atoms with E-state index < -0.39 is 0 Å². The molecule has 3 aromatic heterocycles. The van der Waals surface area contributed by atoms with Crippen LogP contribution in [0.4, 0.5) is 0 Å². The molecule has 34 heavy (non-hydrogen) atoms. The lowest BCUT2D eigenvalue weighted by atomic mass is 10.2. The van der Waals surface area contributed by atoms with Gasteiger partial charge in [0.05, 0.1) is 16.7 Å². The maximum Gasteiger partial charge on any atom is 0.167 e. The van der Waals surface area contributed by atoms with Gasteiger partial charge in [-0.2, -0.15) is 0 Å². The zero-order chi connectivity index (χ0) is 22.5. The van der Waals surface area contributed by atoms with E-state index in [1.807, 2.05) is 42.6 Å². The van der Waals surface area contributed by atoms with E-state index in [2.05, 4.69) is 88.0 Å². The van der Waals surface area contributed by atoms with Crippen molar-refractivity contribution in [2.24, 2.45) is 0 Å². The van der Waals surface area contributed by atoms with E-state index in [0.29, 0.717) is 0 Å². The molecule has 7 aromatic rings. The third-order valence-corrected chi connectivity index (χ3v) is 6.39. The van der Waals surface area contributed by atoms with Gasteiger partial charge in [0, 0.05) is 28.2 Å². The van der Waals surface area contributed by atoms with Gasteiger partial charge in [-0.1, -0.05) is 84.9 Å². The summed E-state index contributed by atoms with van der Waals surface area (Å²) >= 11 is 0. The molecule has 0 aliphatic heterocycles. The van der Waals surface area contributed by atoms with Gasteiger partial charge in [0.25, 0.3) is 0 Å². The smallest absolute Gasteiger partial charge is 0.167 e. The average Bonchev–Trinajstić information content (AvgIpc) is 3.46. The van der Waals surface area contributed by atoms with E-state index in [1.54, 1.807) is 0 Å². The highest BCUT2D eigenvalue weighted by Crippen LogP contribution is 2.36. The Morgan fingerprint density at radius 1 is 0.529 bits per heavy atom. The Balaban J connectivity index is 1.62. The molecule has 0 radical (unpaired) electrons. The molecule has 0 atom stereocenters. The van der Waals surface area contributed by atoms with Gasteiger partial charge >= 0.3 is 0 Å². The summed E-state index contributed by atoms with van der Waals surface area (Å²) in [5.41, 5.74) is 7.14. The maximum atomic E-state index is 5.21. The van der Waals surface area contributed by atoms with Gasteiger partial charge in [-0.05, 0) is 30.3 Å². The molecule has 0 N–H and O–H groups in total. The number of hydrogen-bond acceptors (Lipinski definition) is 2. The second-order valence-corrected chi connectivity index (χ2v) is 8.34. The highest BCUT2D eigenvalue weighted by Gasteiger charge is 2.20. The van der Waals surface area contributed by atoms with Gasteiger partial charge < -0.3 is 4.57 Å². The van der Waals surface area contributed by atoms with Gasteiger partial charge in [-0.25, -0.2) is 9.97 Å². The third-order valence-electron chi connectivity index (χ3n) is 6.39. The Bertz CT molecular complexity index is 1740. The zero-order valence-corrected chi connectivity index (χ0v) is 18.3. The second-order valence-electron chi connectivity index (χ2n) is 8.34. The normalized spacial score (nSPS) is 11.5. The van der Waals surface area contributed by atoms with Crippen molar-refractivity contribution in [3.8, 4) is 22.8 Å². The van der Waals surface area contributed by atoms with Crippen LogP contribution in [0, 0.1) is 0 Å². The molecule has 0 saturated carbocycles. The van der Waals surface area contributed by atoms with Gasteiger partial charge in [-0.15, -0.1) is 0 Å². The summed E-state index contributed by atoms with van der Waals surface area (Å²) in [7, 11) is 0. The van der Waals surface area contributed by atoms with Crippen molar-refractivity contribution in [3.63, 3.8) is 0 Å². The van der Waals surface area contributed by atoms with Crippen molar-refractivity contribution >= 4 is 33.0 Å². The molecule has 0 aliphatic carbocycles. The van der Waals surface area contributed by atoms with Gasteiger partial charge in [0.2, 0.25) is 0 Å². The summed E-state index contributed by atoms with van der Waals surface area (Å²) in [4.78, 5) is 10.0. The van der Waals surface area contributed by atoms with Crippen LogP contribution in [-0.4, -0.2) is 19.1 Å². The minimum Gasteiger partial charge on any atom is -0.307 e. The Labute approximate surface area is 196 Å². The largest absolute Gasteiger partial charge is 0.307 e. The predicted octanol–water partition coefficient (Wildman–Crippen LogP) is 7.18. The topological polar surface area (TPSA) is 35.6 Å². The highest BCUT2D eigenvalue weighted by molar-refractivity contribution is 6.10. The minimum absolute atomic E-state index is 0.837. The van der Waals surface area contributed by atoms with E-state index in [1.165, 1.54) is 10.8 Å². The van der Waals surface area contributed by atoms with Crippen LogP contribution >= 0.6 is 0 Å². The predicted molar refractivity (Wildman–Crippen MR) is 139 cm³/mol. The number of aromatic nitrogens is 4. The number of rotatable bonds is 3. The van der Waals surface area contributed by atoms with Crippen molar-refractivity contribution in [1.29, 1.82) is 0 Å². The first-order chi connectivity index (χ1) is 16.9. The van der Waals surface area contributed by atoms with Gasteiger partial charge in [0.1, 0.15) is 11.3 Å². The molecule has 7 rings (SSSR count). The summed E-state index contributed by atoms with van der Waals surface area (Å²) in [6, 6.07) is 39.8. The number of hydrogen-bond donors (Lipinski definition) is 0. The molecule has 0 fully saturated rings. The first-order valence-electron chi connectivity index (χ1n) is 11.4. The number of nitrogens with zero attached hydrogens (tertiary/aromatic N) is 4. The van der Waals surface area contributed by atoms with Gasteiger partial charge in [0.15, 0.2) is 5.65 Å². The van der Waals surface area contributed by atoms with E-state index >= 15 is 0 Å². The molecule has 160 valence electrons. The van der Waals surface area contributed by atoms with Crippen LogP contribution in [0.15, 0.2) is 121 Å². The number of pyridine rings is 1. The van der Waals surface area contributed by atoms with E-state index in [-0.39, 0.29) is 0 Å². The van der Waals surface area contributed by atoms with Crippen LogP contribution in [0.3, 0.4) is 0 Å². The molecule has 0 bridgehead atoms. The Hall–Kier alpha value is -4.70. The Kier molecular flexibility index (Phi) is 4.11. The summed E-state index contributed by atoms with van der Waals surface area (Å²) in [6.07, 6.45) is 1.89. The average molecular weight is 437 g/mol. The molecular weight excluding hydrogens is 416 g/mol. The van der Waals surface area contributed by atoms with Crippen molar-refractivity contribution in [2.45, 2.75) is 0 Å². The van der Waals surface area contributed by atoms with E-state index in [4.69, 9.17) is 9.97 Å². The Morgan fingerprint density at radius 2 is 1.12 bits per heavy atom. The lowest BCUT2D eigenvalue weighted by Crippen LogP contribution is -1.99. The van der Waals surface area contributed by atoms with Crippen LogP contribution < -0.4 is 0 Å². The minimum atomic E-state index is 0.837. The molecule has 0 saturated heterocycles. The molecular formula is C30H20N4. The number of benzene rings is 4. The summed E-state index contributed by atoms with van der Waals surface area (Å²) in [5, 5.41) is 2.46. The monoisotopic (exact) mass is 436 g/mol. The lowest BCUT2D eigenvalue weighted by molar-refractivity contribution is 1.08. The van der Waals surface area contributed by atoms with E-state index in [9.17, 15) is 0 Å². The molecule has 4 aromatic carbocycles. The summed E-state index contributed by atoms with van der Waals surface area (Å²) in [6.45, 7) is 0. The lowest BCUT2D eigenvalue weighted by Gasteiger charge is -2.10. The second kappa shape index (κ2) is 7.42. The quantitative estimate of drug-likeness (QED) is 0.294. The molecule has 3 heterocycles. The van der Waals surface area contributed by atoms with Crippen LogP contribution in [0.25, 0.3) is 55.7 Å². The summed E-state index contributed by atoms with van der Waals surface area (Å²) in [5.74, 6) is 0.877. The van der Waals surface area contributed by atoms with Crippen LogP contribution in [0.5, 0.6) is 0 Å². The molecule has 4 nitrogen and oxygen atoms in total. The number of imidazole rings is 1. The first kappa shape index (κ1) is 18.8. The fraction of sp³-hybridized carbons (Fsp3) is 0. The Morgan fingerprint density at radius 3 is 1.79 bits per heavy atom. The molecule has 4 heteroatoms. The fourth-order valence-corrected chi connectivity index (χ4v) is 4.93. The SMILES string of the molecule is c1ccc(-c2nc3c(-n4c5ccccc5c5ccccc54)ccnc3n2-c2ccccc2)cc1. The first-order valence-corrected chi connectivity index (χ1v) is 11.4. The maximum absolute atomic E-state index is 5.21. The molecule has 0 spiro atoms. The van der Waals surface area contributed by atoms with Crippen LogP contribution in [-0.2, 0) is 0 Å². The molecule has 0 unspecified atom stereocenters. The number of para-hydroxylation sites is 3. The van der Waals surface area contributed by atoms with Crippen LogP contribution in [0.2, 0.25) is 0 Å². The van der Waals surface area contributed by atoms with Crippen molar-refractivity contribution in [3.05, 3.63) is 121 Å². The number of fused-ring (bicyclic) bond motifs is 4. The van der Waals surface area contributed by atoms with E-state index in [0.717, 1.165) is 45.0 Å². The fourth-order valence-electron chi connectivity index (χ4n) is 4.93.